The van der Waals surface area contributed by atoms with E-state index in [1.165, 1.54) is 5.56 Å². The van der Waals surface area contributed by atoms with E-state index in [4.69, 9.17) is 11.6 Å². The molecule has 0 aromatic heterocycles. The van der Waals surface area contributed by atoms with Crippen LogP contribution in [0.15, 0.2) is 18.2 Å². The van der Waals surface area contributed by atoms with Gasteiger partial charge in [-0.1, -0.05) is 23.7 Å². The predicted molar refractivity (Wildman–Crippen MR) is 64.2 cm³/mol. The molecule has 3 heteroatoms. The molecule has 84 valence electrons. The molecule has 1 aromatic carbocycles. The van der Waals surface area contributed by atoms with Gasteiger partial charge in [-0.05, 0) is 38.1 Å². The summed E-state index contributed by atoms with van der Waals surface area (Å²) in [5.41, 5.74) is 2.27. The molecule has 1 aromatic rings. The lowest BCUT2D eigenvalue weighted by Crippen LogP contribution is -2.26. The summed E-state index contributed by atoms with van der Waals surface area (Å²) in [6.45, 7) is 5.23. The van der Waals surface area contributed by atoms with Gasteiger partial charge in [-0.2, -0.15) is 0 Å². The Labute approximate surface area is 96.5 Å². The number of aliphatic hydroxyl groups is 1. The fraction of sp³-hybridized carbons (Fsp3) is 0.500. The van der Waals surface area contributed by atoms with Gasteiger partial charge in [-0.3, -0.25) is 4.90 Å². The van der Waals surface area contributed by atoms with E-state index >= 15 is 0 Å². The monoisotopic (exact) mass is 227 g/mol. The molecule has 1 atom stereocenters. The first-order valence-electron chi connectivity index (χ1n) is 5.10. The largest absolute Gasteiger partial charge is 0.392 e. The SMILES string of the molecule is Cc1ccc(CN(C)CC(C)O)c(Cl)c1. The fourth-order valence-electron chi connectivity index (χ4n) is 1.59. The summed E-state index contributed by atoms with van der Waals surface area (Å²) in [4.78, 5) is 2.06. The van der Waals surface area contributed by atoms with E-state index in [-0.39, 0.29) is 6.10 Å². The lowest BCUT2D eigenvalue weighted by Gasteiger charge is -2.19. The van der Waals surface area contributed by atoms with Gasteiger partial charge in [0, 0.05) is 18.1 Å². The molecule has 0 saturated carbocycles. The topological polar surface area (TPSA) is 23.5 Å². The van der Waals surface area contributed by atoms with Crippen LogP contribution in [0.25, 0.3) is 0 Å². The van der Waals surface area contributed by atoms with Gasteiger partial charge in [0.15, 0.2) is 0 Å². The van der Waals surface area contributed by atoms with Crippen molar-refractivity contribution < 1.29 is 5.11 Å². The molecule has 1 unspecified atom stereocenters. The van der Waals surface area contributed by atoms with Crippen molar-refractivity contribution in [3.63, 3.8) is 0 Å². The second-order valence-electron chi connectivity index (χ2n) is 4.14. The number of hydrogen-bond acceptors (Lipinski definition) is 2. The standard InChI is InChI=1S/C12H18ClNO/c1-9-4-5-11(12(13)6-9)8-14(3)7-10(2)15/h4-6,10,15H,7-8H2,1-3H3. The number of nitrogens with zero attached hydrogens (tertiary/aromatic N) is 1. The van der Waals surface area contributed by atoms with Crippen LogP contribution in [0.3, 0.4) is 0 Å². The predicted octanol–water partition coefficient (Wildman–Crippen LogP) is 2.46. The highest BCUT2D eigenvalue weighted by Crippen LogP contribution is 2.18. The van der Waals surface area contributed by atoms with Crippen LogP contribution in [-0.2, 0) is 6.54 Å². The molecule has 0 aliphatic carbocycles. The highest BCUT2D eigenvalue weighted by molar-refractivity contribution is 6.31. The summed E-state index contributed by atoms with van der Waals surface area (Å²) >= 11 is 6.12. The van der Waals surface area contributed by atoms with E-state index in [9.17, 15) is 5.11 Å². The molecular weight excluding hydrogens is 210 g/mol. The molecule has 15 heavy (non-hydrogen) atoms. The van der Waals surface area contributed by atoms with Crippen LogP contribution < -0.4 is 0 Å². The van der Waals surface area contributed by atoms with Crippen molar-refractivity contribution >= 4 is 11.6 Å². The van der Waals surface area contributed by atoms with Gasteiger partial charge < -0.3 is 5.11 Å². The minimum atomic E-state index is -0.306. The van der Waals surface area contributed by atoms with Crippen molar-refractivity contribution in [1.82, 2.24) is 4.90 Å². The van der Waals surface area contributed by atoms with Crippen LogP contribution in [0.4, 0.5) is 0 Å². The molecule has 0 bridgehead atoms. The third-order valence-electron chi connectivity index (χ3n) is 2.22. The van der Waals surface area contributed by atoms with Gasteiger partial charge >= 0.3 is 0 Å². The Morgan fingerprint density at radius 2 is 2.13 bits per heavy atom. The molecule has 0 amide bonds. The van der Waals surface area contributed by atoms with Gasteiger partial charge in [0.25, 0.3) is 0 Å². The zero-order chi connectivity index (χ0) is 11.4. The van der Waals surface area contributed by atoms with Crippen LogP contribution in [0.5, 0.6) is 0 Å². The van der Waals surface area contributed by atoms with Gasteiger partial charge in [0.05, 0.1) is 6.10 Å². The van der Waals surface area contributed by atoms with E-state index in [1.54, 1.807) is 6.92 Å². The maximum Gasteiger partial charge on any atom is 0.0639 e. The third-order valence-corrected chi connectivity index (χ3v) is 2.58. The van der Waals surface area contributed by atoms with Crippen LogP contribution in [-0.4, -0.2) is 29.7 Å². The molecule has 0 heterocycles. The number of likely N-dealkylation sites (N-methyl/N-ethyl adjacent to an activating group) is 1. The van der Waals surface area contributed by atoms with Crippen molar-refractivity contribution in [3.05, 3.63) is 34.3 Å². The first-order chi connectivity index (χ1) is 6.99. The lowest BCUT2D eigenvalue weighted by molar-refractivity contribution is 0.138. The smallest absolute Gasteiger partial charge is 0.0639 e. The second kappa shape index (κ2) is 5.50. The number of benzene rings is 1. The van der Waals surface area contributed by atoms with Gasteiger partial charge in [0.1, 0.15) is 0 Å². The Morgan fingerprint density at radius 3 is 2.67 bits per heavy atom. The van der Waals surface area contributed by atoms with E-state index in [0.29, 0.717) is 6.54 Å². The van der Waals surface area contributed by atoms with Crippen molar-refractivity contribution in [1.29, 1.82) is 0 Å². The average Bonchev–Trinajstić information content (AvgIpc) is 2.08. The molecular formula is C12H18ClNO. The molecule has 0 aliphatic heterocycles. The first kappa shape index (κ1) is 12.5. The van der Waals surface area contributed by atoms with Crippen molar-refractivity contribution in [2.45, 2.75) is 26.5 Å². The second-order valence-corrected chi connectivity index (χ2v) is 4.55. The maximum atomic E-state index is 9.24. The van der Waals surface area contributed by atoms with Crippen molar-refractivity contribution in [2.24, 2.45) is 0 Å². The number of rotatable bonds is 4. The van der Waals surface area contributed by atoms with Crippen LogP contribution >= 0.6 is 11.6 Å². The molecule has 0 spiro atoms. The molecule has 2 nitrogen and oxygen atoms in total. The van der Waals surface area contributed by atoms with E-state index < -0.39 is 0 Å². The summed E-state index contributed by atoms with van der Waals surface area (Å²) in [7, 11) is 1.98. The highest BCUT2D eigenvalue weighted by atomic mass is 35.5. The Balaban J connectivity index is 2.64. The molecule has 0 fully saturated rings. The summed E-state index contributed by atoms with van der Waals surface area (Å²) in [5.74, 6) is 0. The quantitative estimate of drug-likeness (QED) is 0.854. The Hall–Kier alpha value is -0.570. The number of aryl methyl sites for hydroxylation is 1. The third kappa shape index (κ3) is 4.20. The fourth-order valence-corrected chi connectivity index (χ4v) is 1.88. The molecule has 0 radical (unpaired) electrons. The molecule has 1 N–H and O–H groups in total. The minimum Gasteiger partial charge on any atom is -0.392 e. The summed E-state index contributed by atoms with van der Waals surface area (Å²) in [6.07, 6.45) is -0.306. The Morgan fingerprint density at radius 1 is 1.47 bits per heavy atom. The number of hydrogen-bond donors (Lipinski definition) is 1. The van der Waals surface area contributed by atoms with Gasteiger partial charge in [0.2, 0.25) is 0 Å². The zero-order valence-electron chi connectivity index (χ0n) is 9.50. The van der Waals surface area contributed by atoms with Crippen LogP contribution in [0, 0.1) is 6.92 Å². The lowest BCUT2D eigenvalue weighted by atomic mass is 10.1. The summed E-state index contributed by atoms with van der Waals surface area (Å²) in [6, 6.07) is 6.06. The molecule has 0 saturated heterocycles. The summed E-state index contributed by atoms with van der Waals surface area (Å²) < 4.78 is 0. The highest BCUT2D eigenvalue weighted by Gasteiger charge is 2.06. The molecule has 1 rings (SSSR count). The van der Waals surface area contributed by atoms with Crippen molar-refractivity contribution in [2.75, 3.05) is 13.6 Å². The molecule has 0 aliphatic rings. The van der Waals surface area contributed by atoms with E-state index in [0.717, 1.165) is 17.1 Å². The van der Waals surface area contributed by atoms with Gasteiger partial charge in [-0.25, -0.2) is 0 Å². The number of halogens is 1. The van der Waals surface area contributed by atoms with Crippen molar-refractivity contribution in [3.8, 4) is 0 Å². The Bertz CT molecular complexity index is 325. The number of aliphatic hydroxyl groups excluding tert-OH is 1. The maximum absolute atomic E-state index is 9.24. The normalized spacial score (nSPS) is 13.2. The average molecular weight is 228 g/mol. The van der Waals surface area contributed by atoms with Crippen LogP contribution in [0.1, 0.15) is 18.1 Å². The minimum absolute atomic E-state index is 0.306. The summed E-state index contributed by atoms with van der Waals surface area (Å²) in [5, 5.41) is 10.0. The zero-order valence-corrected chi connectivity index (χ0v) is 10.3. The van der Waals surface area contributed by atoms with Gasteiger partial charge in [-0.15, -0.1) is 0 Å². The first-order valence-corrected chi connectivity index (χ1v) is 5.48. The Kier molecular flexibility index (Phi) is 4.58. The van der Waals surface area contributed by atoms with E-state index in [1.807, 2.05) is 26.1 Å². The van der Waals surface area contributed by atoms with E-state index in [2.05, 4.69) is 11.0 Å². The van der Waals surface area contributed by atoms with Crippen LogP contribution in [0.2, 0.25) is 5.02 Å².